The van der Waals surface area contributed by atoms with E-state index in [-0.39, 0.29) is 12.0 Å². The fraction of sp³-hybridized carbons (Fsp3) is 0.353. The Morgan fingerprint density at radius 2 is 2.08 bits per heavy atom. The number of rotatable bonds is 4. The summed E-state index contributed by atoms with van der Waals surface area (Å²) in [5, 5.41) is 0.624. The molecule has 1 aromatic heterocycles. The summed E-state index contributed by atoms with van der Waals surface area (Å²) in [6.07, 6.45) is 5.29. The SMILES string of the molecule is O=C(Cc1ccccc1Cl)N1CCCC(Oc2ncc(Br)cn2)C1. The molecule has 0 spiro atoms. The summed E-state index contributed by atoms with van der Waals surface area (Å²) in [4.78, 5) is 22.6. The van der Waals surface area contributed by atoms with Crippen LogP contribution in [0.25, 0.3) is 0 Å². The van der Waals surface area contributed by atoms with Gasteiger partial charge >= 0.3 is 6.01 Å². The summed E-state index contributed by atoms with van der Waals surface area (Å²) >= 11 is 9.43. The maximum absolute atomic E-state index is 12.5. The van der Waals surface area contributed by atoms with Gasteiger partial charge in [-0.3, -0.25) is 4.79 Å². The number of carbonyl (C=O) groups is 1. The first-order chi connectivity index (χ1) is 11.6. The fourth-order valence-electron chi connectivity index (χ4n) is 2.69. The van der Waals surface area contributed by atoms with Gasteiger partial charge in [-0.25, -0.2) is 9.97 Å². The Balaban J connectivity index is 1.59. The van der Waals surface area contributed by atoms with Crippen LogP contribution in [0.3, 0.4) is 0 Å². The van der Waals surface area contributed by atoms with Crippen LogP contribution < -0.4 is 4.74 Å². The van der Waals surface area contributed by atoms with Gasteiger partial charge < -0.3 is 9.64 Å². The molecule has 0 N–H and O–H groups in total. The Morgan fingerprint density at radius 1 is 1.33 bits per heavy atom. The Kier molecular flexibility index (Phi) is 5.68. The van der Waals surface area contributed by atoms with Crippen molar-refractivity contribution in [1.82, 2.24) is 14.9 Å². The van der Waals surface area contributed by atoms with Crippen molar-refractivity contribution in [1.29, 1.82) is 0 Å². The number of hydrogen-bond donors (Lipinski definition) is 0. The number of aromatic nitrogens is 2. The molecule has 1 atom stereocenters. The van der Waals surface area contributed by atoms with Gasteiger partial charge in [0.15, 0.2) is 0 Å². The zero-order valence-corrected chi connectivity index (χ0v) is 15.3. The molecule has 126 valence electrons. The number of hydrogen-bond acceptors (Lipinski definition) is 4. The summed E-state index contributed by atoms with van der Waals surface area (Å²) in [5.41, 5.74) is 0.850. The van der Waals surface area contributed by atoms with Crippen molar-refractivity contribution in [3.05, 3.63) is 51.7 Å². The van der Waals surface area contributed by atoms with Crippen LogP contribution in [0.2, 0.25) is 5.02 Å². The topological polar surface area (TPSA) is 55.3 Å². The molecule has 3 rings (SSSR count). The van der Waals surface area contributed by atoms with Crippen LogP contribution >= 0.6 is 27.5 Å². The molecule has 0 radical (unpaired) electrons. The van der Waals surface area contributed by atoms with Crippen LogP contribution in [0.4, 0.5) is 0 Å². The summed E-state index contributed by atoms with van der Waals surface area (Å²) in [6.45, 7) is 1.28. The van der Waals surface area contributed by atoms with Crippen LogP contribution in [-0.4, -0.2) is 40.0 Å². The molecule has 1 amide bonds. The largest absolute Gasteiger partial charge is 0.458 e. The van der Waals surface area contributed by atoms with Crippen molar-refractivity contribution >= 4 is 33.4 Å². The molecule has 7 heteroatoms. The predicted octanol–water partition coefficient (Wildman–Crippen LogP) is 3.51. The quantitative estimate of drug-likeness (QED) is 0.774. The summed E-state index contributed by atoms with van der Waals surface area (Å²) < 4.78 is 6.60. The van der Waals surface area contributed by atoms with Gasteiger partial charge in [0.25, 0.3) is 0 Å². The van der Waals surface area contributed by atoms with Crippen LogP contribution in [0.1, 0.15) is 18.4 Å². The van der Waals surface area contributed by atoms with Gasteiger partial charge in [-0.1, -0.05) is 29.8 Å². The lowest BCUT2D eigenvalue weighted by Crippen LogP contribution is -2.45. The number of nitrogens with zero attached hydrogens (tertiary/aromatic N) is 3. The highest BCUT2D eigenvalue weighted by Gasteiger charge is 2.25. The molecule has 1 aromatic carbocycles. The average molecular weight is 411 g/mol. The van der Waals surface area contributed by atoms with E-state index in [1.807, 2.05) is 23.1 Å². The predicted molar refractivity (Wildman–Crippen MR) is 95.1 cm³/mol. The maximum atomic E-state index is 12.5. The highest BCUT2D eigenvalue weighted by molar-refractivity contribution is 9.10. The minimum atomic E-state index is -0.0879. The van der Waals surface area contributed by atoms with Crippen LogP contribution in [-0.2, 0) is 11.2 Å². The zero-order chi connectivity index (χ0) is 16.9. The minimum Gasteiger partial charge on any atom is -0.458 e. The molecule has 1 aliphatic rings. The van der Waals surface area contributed by atoms with E-state index in [1.54, 1.807) is 18.5 Å². The molecule has 2 heterocycles. The monoisotopic (exact) mass is 409 g/mol. The van der Waals surface area contributed by atoms with E-state index in [2.05, 4.69) is 25.9 Å². The van der Waals surface area contributed by atoms with Gasteiger partial charge in [0.05, 0.1) is 17.4 Å². The number of benzene rings is 1. The van der Waals surface area contributed by atoms with Crippen molar-refractivity contribution in [3.8, 4) is 6.01 Å². The Hall–Kier alpha value is -1.66. The van der Waals surface area contributed by atoms with Gasteiger partial charge in [-0.15, -0.1) is 0 Å². The number of carbonyl (C=O) groups excluding carboxylic acids is 1. The number of halogens is 2. The normalized spacial score (nSPS) is 17.6. The number of piperidine rings is 1. The lowest BCUT2D eigenvalue weighted by molar-refractivity contribution is -0.133. The second-order valence-corrected chi connectivity index (χ2v) is 7.00. The van der Waals surface area contributed by atoms with Gasteiger partial charge in [-0.05, 0) is 40.4 Å². The molecule has 1 fully saturated rings. The number of ether oxygens (including phenoxy) is 1. The van der Waals surface area contributed by atoms with Crippen molar-refractivity contribution in [3.63, 3.8) is 0 Å². The molecule has 1 unspecified atom stereocenters. The molecule has 0 saturated carbocycles. The number of amides is 1. The fourth-order valence-corrected chi connectivity index (χ4v) is 3.10. The van der Waals surface area contributed by atoms with E-state index < -0.39 is 0 Å². The second kappa shape index (κ2) is 7.94. The summed E-state index contributed by atoms with van der Waals surface area (Å²) in [7, 11) is 0. The second-order valence-electron chi connectivity index (χ2n) is 5.67. The third kappa shape index (κ3) is 4.45. The molecule has 24 heavy (non-hydrogen) atoms. The molecule has 2 aromatic rings. The van der Waals surface area contributed by atoms with E-state index in [0.29, 0.717) is 24.0 Å². The summed E-state index contributed by atoms with van der Waals surface area (Å²) in [6, 6.07) is 7.77. The maximum Gasteiger partial charge on any atom is 0.316 e. The molecular formula is C17H17BrClN3O2. The third-order valence-corrected chi connectivity index (χ3v) is 4.68. The smallest absolute Gasteiger partial charge is 0.316 e. The van der Waals surface area contributed by atoms with Gasteiger partial charge in [0.1, 0.15) is 6.10 Å². The molecule has 0 bridgehead atoms. The van der Waals surface area contributed by atoms with Crippen LogP contribution in [0, 0.1) is 0 Å². The zero-order valence-electron chi connectivity index (χ0n) is 13.0. The van der Waals surface area contributed by atoms with E-state index in [0.717, 1.165) is 29.4 Å². The first-order valence-electron chi connectivity index (χ1n) is 7.77. The number of likely N-dealkylation sites (tertiary alicyclic amines) is 1. The Labute approximate surface area is 154 Å². The standard InChI is InChI=1S/C17H17BrClN3O2/c18-13-9-20-17(21-10-13)24-14-5-3-7-22(11-14)16(23)8-12-4-1-2-6-15(12)19/h1-2,4,6,9-10,14H,3,5,7-8,11H2. The Morgan fingerprint density at radius 3 is 2.83 bits per heavy atom. The lowest BCUT2D eigenvalue weighted by Gasteiger charge is -2.32. The first kappa shape index (κ1) is 17.2. The summed E-state index contributed by atoms with van der Waals surface area (Å²) in [5.74, 6) is 0.0631. The van der Waals surface area contributed by atoms with E-state index in [9.17, 15) is 4.79 Å². The first-order valence-corrected chi connectivity index (χ1v) is 8.94. The van der Waals surface area contributed by atoms with Crippen LogP contribution in [0.5, 0.6) is 6.01 Å². The molecule has 5 nitrogen and oxygen atoms in total. The third-order valence-electron chi connectivity index (χ3n) is 3.90. The lowest BCUT2D eigenvalue weighted by atomic mass is 10.1. The van der Waals surface area contributed by atoms with Gasteiger partial charge in [0, 0.05) is 24.0 Å². The molecule has 0 aliphatic carbocycles. The van der Waals surface area contributed by atoms with Crippen molar-refractivity contribution < 1.29 is 9.53 Å². The van der Waals surface area contributed by atoms with E-state index in [4.69, 9.17) is 16.3 Å². The van der Waals surface area contributed by atoms with Gasteiger partial charge in [-0.2, -0.15) is 0 Å². The van der Waals surface area contributed by atoms with Gasteiger partial charge in [0.2, 0.25) is 5.91 Å². The van der Waals surface area contributed by atoms with E-state index >= 15 is 0 Å². The molecule has 1 saturated heterocycles. The van der Waals surface area contributed by atoms with E-state index in [1.165, 1.54) is 0 Å². The van der Waals surface area contributed by atoms with Crippen molar-refractivity contribution in [2.24, 2.45) is 0 Å². The van der Waals surface area contributed by atoms with Crippen molar-refractivity contribution in [2.45, 2.75) is 25.4 Å². The highest BCUT2D eigenvalue weighted by Crippen LogP contribution is 2.20. The Bertz CT molecular complexity index is 711. The average Bonchev–Trinajstić information content (AvgIpc) is 2.59. The molecular weight excluding hydrogens is 394 g/mol. The van der Waals surface area contributed by atoms with Crippen molar-refractivity contribution in [2.75, 3.05) is 13.1 Å². The minimum absolute atomic E-state index is 0.0631. The molecule has 1 aliphatic heterocycles. The van der Waals surface area contributed by atoms with Crippen LogP contribution in [0.15, 0.2) is 41.1 Å². The highest BCUT2D eigenvalue weighted by atomic mass is 79.9.